The first-order valence-corrected chi connectivity index (χ1v) is 8.44. The first-order chi connectivity index (χ1) is 9.96. The van der Waals surface area contributed by atoms with Crippen LogP contribution in [0.25, 0.3) is 11.5 Å². The lowest BCUT2D eigenvalue weighted by atomic mass is 10.3. The van der Waals surface area contributed by atoms with Crippen molar-refractivity contribution in [2.45, 2.75) is 32.2 Å². The van der Waals surface area contributed by atoms with Gasteiger partial charge in [-0.15, -0.1) is 0 Å². The summed E-state index contributed by atoms with van der Waals surface area (Å²) >= 11 is 5.28. The van der Waals surface area contributed by atoms with E-state index in [4.69, 9.17) is 4.74 Å². The average Bonchev–Trinajstić information content (AvgIpc) is 2.79. The molecular weight excluding hydrogens is 352 g/mol. The Balaban J connectivity index is 1.92. The molecule has 2 aromatic rings. The lowest BCUT2D eigenvalue weighted by Gasteiger charge is -2.17. The SMILES string of the molecule is CC(C)(C)SCCOCn1cc(Br)nc1-c1cnccn1. The van der Waals surface area contributed by atoms with Gasteiger partial charge in [-0.25, -0.2) is 9.97 Å². The van der Waals surface area contributed by atoms with Crippen LogP contribution in [0.1, 0.15) is 20.8 Å². The molecule has 0 unspecified atom stereocenters. The second kappa shape index (κ2) is 7.38. The van der Waals surface area contributed by atoms with Crippen molar-refractivity contribution in [1.29, 1.82) is 0 Å². The maximum atomic E-state index is 5.72. The molecule has 0 N–H and O–H groups in total. The summed E-state index contributed by atoms with van der Waals surface area (Å²) in [6, 6.07) is 0. The Kier molecular flexibility index (Phi) is 5.78. The highest BCUT2D eigenvalue weighted by molar-refractivity contribution is 9.10. The molecule has 0 bridgehead atoms. The molecule has 0 amide bonds. The summed E-state index contributed by atoms with van der Waals surface area (Å²) in [7, 11) is 0. The number of thioether (sulfide) groups is 1. The minimum atomic E-state index is 0.270. The molecule has 2 rings (SSSR count). The predicted octanol–water partition coefficient (Wildman–Crippen LogP) is 3.61. The Morgan fingerprint density at radius 2 is 2.14 bits per heavy atom. The molecule has 7 heteroatoms. The predicted molar refractivity (Wildman–Crippen MR) is 89.1 cm³/mol. The van der Waals surface area contributed by atoms with Crippen LogP contribution in [0.15, 0.2) is 29.4 Å². The molecular formula is C14H19BrN4OS. The van der Waals surface area contributed by atoms with E-state index in [1.165, 1.54) is 0 Å². The highest BCUT2D eigenvalue weighted by Gasteiger charge is 2.11. The largest absolute Gasteiger partial charge is 0.360 e. The number of rotatable bonds is 6. The van der Waals surface area contributed by atoms with E-state index < -0.39 is 0 Å². The molecule has 0 atom stereocenters. The third-order valence-corrected chi connectivity index (χ3v) is 4.15. The Hall–Kier alpha value is -0.920. The molecule has 0 aliphatic rings. The second-order valence-electron chi connectivity index (χ2n) is 5.45. The molecule has 0 radical (unpaired) electrons. The zero-order chi connectivity index (χ0) is 15.3. The minimum Gasteiger partial charge on any atom is -0.360 e. The highest BCUT2D eigenvalue weighted by Crippen LogP contribution is 2.23. The van der Waals surface area contributed by atoms with E-state index in [-0.39, 0.29) is 4.75 Å². The summed E-state index contributed by atoms with van der Waals surface area (Å²) < 4.78 is 8.68. The van der Waals surface area contributed by atoms with Gasteiger partial charge in [0.15, 0.2) is 5.82 Å². The number of hydrogen-bond donors (Lipinski definition) is 0. The number of halogens is 1. The van der Waals surface area contributed by atoms with E-state index in [9.17, 15) is 0 Å². The molecule has 2 aromatic heterocycles. The van der Waals surface area contributed by atoms with Crippen molar-refractivity contribution in [3.05, 3.63) is 29.4 Å². The number of imidazole rings is 1. The van der Waals surface area contributed by atoms with E-state index in [1.54, 1.807) is 18.6 Å². The first-order valence-electron chi connectivity index (χ1n) is 6.66. The molecule has 0 aliphatic carbocycles. The summed E-state index contributed by atoms with van der Waals surface area (Å²) in [6.07, 6.45) is 6.89. The number of nitrogens with zero attached hydrogens (tertiary/aromatic N) is 4. The Morgan fingerprint density at radius 1 is 1.33 bits per heavy atom. The average molecular weight is 371 g/mol. The fraction of sp³-hybridized carbons (Fsp3) is 0.500. The zero-order valence-electron chi connectivity index (χ0n) is 12.4. The van der Waals surface area contributed by atoms with E-state index in [0.717, 1.165) is 21.9 Å². The quantitative estimate of drug-likeness (QED) is 0.726. The normalized spacial score (nSPS) is 11.8. The summed E-state index contributed by atoms with van der Waals surface area (Å²) in [5, 5.41) is 0. The van der Waals surface area contributed by atoms with Gasteiger partial charge in [-0.2, -0.15) is 11.8 Å². The second-order valence-corrected chi connectivity index (χ2v) is 8.18. The lowest BCUT2D eigenvalue weighted by molar-refractivity contribution is 0.0908. The topological polar surface area (TPSA) is 52.8 Å². The van der Waals surface area contributed by atoms with E-state index in [0.29, 0.717) is 13.3 Å². The van der Waals surface area contributed by atoms with Crippen LogP contribution in [-0.4, -0.2) is 36.6 Å². The third kappa shape index (κ3) is 5.41. The van der Waals surface area contributed by atoms with Crippen LogP contribution in [0, 0.1) is 0 Å². The highest BCUT2D eigenvalue weighted by atomic mass is 79.9. The minimum absolute atomic E-state index is 0.270. The van der Waals surface area contributed by atoms with Crippen molar-refractivity contribution < 1.29 is 4.74 Å². The molecule has 0 saturated heterocycles. The van der Waals surface area contributed by atoms with Crippen LogP contribution in [-0.2, 0) is 11.5 Å². The van der Waals surface area contributed by atoms with Gasteiger partial charge in [0.05, 0.1) is 12.8 Å². The smallest absolute Gasteiger partial charge is 0.163 e. The summed E-state index contributed by atoms with van der Waals surface area (Å²) in [5.41, 5.74) is 0.732. The van der Waals surface area contributed by atoms with Gasteiger partial charge in [0.25, 0.3) is 0 Å². The number of ether oxygens (including phenoxy) is 1. The van der Waals surface area contributed by atoms with Gasteiger partial charge < -0.3 is 9.30 Å². The first kappa shape index (κ1) is 16.5. The van der Waals surface area contributed by atoms with Crippen LogP contribution in [0.3, 0.4) is 0 Å². The molecule has 0 aliphatic heterocycles. The van der Waals surface area contributed by atoms with Crippen LogP contribution < -0.4 is 0 Å². The van der Waals surface area contributed by atoms with Gasteiger partial charge in [0.2, 0.25) is 0 Å². The third-order valence-electron chi connectivity index (χ3n) is 2.53. The fourth-order valence-electron chi connectivity index (χ4n) is 1.67. The Labute approximate surface area is 137 Å². The maximum Gasteiger partial charge on any atom is 0.163 e. The molecule has 0 aromatic carbocycles. The van der Waals surface area contributed by atoms with Crippen molar-refractivity contribution in [2.75, 3.05) is 12.4 Å². The maximum absolute atomic E-state index is 5.72. The van der Waals surface area contributed by atoms with Gasteiger partial charge in [0.1, 0.15) is 17.0 Å². The monoisotopic (exact) mass is 370 g/mol. The van der Waals surface area contributed by atoms with Crippen molar-refractivity contribution in [3.8, 4) is 11.5 Å². The van der Waals surface area contributed by atoms with E-state index >= 15 is 0 Å². The van der Waals surface area contributed by atoms with Gasteiger partial charge in [0, 0.05) is 29.1 Å². The van der Waals surface area contributed by atoms with Gasteiger partial charge in [-0.1, -0.05) is 20.8 Å². The molecule has 2 heterocycles. The summed E-state index contributed by atoms with van der Waals surface area (Å²) in [5.74, 6) is 1.72. The molecule has 0 spiro atoms. The van der Waals surface area contributed by atoms with Crippen LogP contribution in [0.5, 0.6) is 0 Å². The Bertz CT molecular complexity index is 568. The zero-order valence-corrected chi connectivity index (χ0v) is 14.8. The number of hydrogen-bond acceptors (Lipinski definition) is 5. The van der Waals surface area contributed by atoms with Crippen molar-refractivity contribution in [3.63, 3.8) is 0 Å². The van der Waals surface area contributed by atoms with Crippen LogP contribution in [0.2, 0.25) is 0 Å². The van der Waals surface area contributed by atoms with Gasteiger partial charge >= 0.3 is 0 Å². The molecule has 0 saturated carbocycles. The van der Waals surface area contributed by atoms with Crippen molar-refractivity contribution in [1.82, 2.24) is 19.5 Å². The van der Waals surface area contributed by atoms with Crippen LogP contribution in [0.4, 0.5) is 0 Å². The molecule has 5 nitrogen and oxygen atoms in total. The fourth-order valence-corrected chi connectivity index (χ4v) is 2.90. The van der Waals surface area contributed by atoms with Crippen LogP contribution >= 0.6 is 27.7 Å². The molecule has 114 valence electrons. The van der Waals surface area contributed by atoms with E-state index in [1.807, 2.05) is 22.5 Å². The molecule has 21 heavy (non-hydrogen) atoms. The van der Waals surface area contributed by atoms with E-state index in [2.05, 4.69) is 51.7 Å². The lowest BCUT2D eigenvalue weighted by Crippen LogP contribution is -2.12. The van der Waals surface area contributed by atoms with Crippen molar-refractivity contribution >= 4 is 27.7 Å². The van der Waals surface area contributed by atoms with Crippen molar-refractivity contribution in [2.24, 2.45) is 0 Å². The van der Waals surface area contributed by atoms with Gasteiger partial charge in [-0.3, -0.25) is 4.98 Å². The summed E-state index contributed by atoms with van der Waals surface area (Å²) in [6.45, 7) is 7.78. The van der Waals surface area contributed by atoms with Gasteiger partial charge in [-0.05, 0) is 15.9 Å². The number of aromatic nitrogens is 4. The Morgan fingerprint density at radius 3 is 2.81 bits per heavy atom. The summed E-state index contributed by atoms with van der Waals surface area (Å²) in [4.78, 5) is 12.8. The standard InChI is InChI=1S/C14H19BrN4OS/c1-14(2,3)21-7-6-20-10-19-9-12(15)18-13(19)11-8-16-4-5-17-11/h4-5,8-9H,6-7,10H2,1-3H3. The molecule has 0 fully saturated rings.